The number of rotatable bonds is 8. The van der Waals surface area contributed by atoms with Gasteiger partial charge in [-0.05, 0) is 48.5 Å². The van der Waals surface area contributed by atoms with E-state index in [1.54, 1.807) is 7.11 Å². The van der Waals surface area contributed by atoms with Crippen LogP contribution in [0.5, 0.6) is 5.75 Å². The van der Waals surface area contributed by atoms with E-state index in [1.165, 1.54) is 11.1 Å². The van der Waals surface area contributed by atoms with E-state index in [1.807, 2.05) is 0 Å². The number of hydrogen-bond donors (Lipinski definition) is 2. The Kier molecular flexibility index (Phi) is 6.32. The first-order chi connectivity index (χ1) is 9.02. The predicted octanol–water partition coefficient (Wildman–Crippen LogP) is 2.72. The van der Waals surface area contributed by atoms with E-state index in [4.69, 9.17) is 10.5 Å². The van der Waals surface area contributed by atoms with Gasteiger partial charge in [0.2, 0.25) is 0 Å². The summed E-state index contributed by atoms with van der Waals surface area (Å²) in [6, 6.07) is 6.40. The molecule has 0 radical (unpaired) electrons. The van der Waals surface area contributed by atoms with Crippen molar-refractivity contribution in [3.63, 3.8) is 0 Å². The maximum Gasteiger partial charge on any atom is 0.122 e. The molecule has 1 aromatic carbocycles. The summed E-state index contributed by atoms with van der Waals surface area (Å²) in [5.74, 6) is 0.982. The molecule has 0 aromatic heterocycles. The van der Waals surface area contributed by atoms with Crippen LogP contribution in [0.4, 0.5) is 0 Å². The van der Waals surface area contributed by atoms with Crippen molar-refractivity contribution in [3.05, 3.63) is 29.3 Å². The fourth-order valence-electron chi connectivity index (χ4n) is 1.98. The lowest BCUT2D eigenvalue weighted by atomic mass is 9.90. The molecule has 0 saturated heterocycles. The van der Waals surface area contributed by atoms with E-state index < -0.39 is 0 Å². The zero-order chi connectivity index (χ0) is 14.3. The molecule has 0 atom stereocenters. The van der Waals surface area contributed by atoms with Crippen LogP contribution in [-0.4, -0.2) is 20.2 Å². The van der Waals surface area contributed by atoms with Gasteiger partial charge in [0.05, 0.1) is 7.11 Å². The van der Waals surface area contributed by atoms with Crippen molar-refractivity contribution in [3.8, 4) is 5.75 Å². The topological polar surface area (TPSA) is 47.3 Å². The molecule has 0 spiro atoms. The van der Waals surface area contributed by atoms with Gasteiger partial charge in [-0.25, -0.2) is 0 Å². The Morgan fingerprint density at radius 2 is 2.05 bits per heavy atom. The number of methoxy groups -OCH3 is 1. The van der Waals surface area contributed by atoms with Crippen molar-refractivity contribution in [2.24, 2.45) is 11.1 Å². The van der Waals surface area contributed by atoms with Gasteiger partial charge in [-0.2, -0.15) is 0 Å². The van der Waals surface area contributed by atoms with Gasteiger partial charge in [0.15, 0.2) is 0 Å². The normalized spacial score (nSPS) is 11.6. The molecule has 0 amide bonds. The first-order valence-electron chi connectivity index (χ1n) is 7.09. The van der Waals surface area contributed by atoms with Crippen molar-refractivity contribution < 1.29 is 4.74 Å². The summed E-state index contributed by atoms with van der Waals surface area (Å²) in [6.45, 7) is 9.19. The van der Waals surface area contributed by atoms with Gasteiger partial charge in [-0.1, -0.05) is 32.9 Å². The zero-order valence-electron chi connectivity index (χ0n) is 12.8. The largest absolute Gasteiger partial charge is 0.496 e. The third-order valence-corrected chi connectivity index (χ3v) is 3.59. The van der Waals surface area contributed by atoms with Crippen molar-refractivity contribution in [1.82, 2.24) is 5.32 Å². The summed E-state index contributed by atoms with van der Waals surface area (Å²) >= 11 is 0. The van der Waals surface area contributed by atoms with Gasteiger partial charge >= 0.3 is 0 Å². The van der Waals surface area contributed by atoms with E-state index >= 15 is 0 Å². The van der Waals surface area contributed by atoms with E-state index in [9.17, 15) is 0 Å². The molecule has 0 aliphatic heterocycles. The minimum atomic E-state index is 0.224. The molecule has 0 bridgehead atoms. The smallest absolute Gasteiger partial charge is 0.122 e. The summed E-state index contributed by atoms with van der Waals surface area (Å²) < 4.78 is 5.34. The van der Waals surface area contributed by atoms with Crippen molar-refractivity contribution in [1.29, 1.82) is 0 Å². The molecule has 3 heteroatoms. The van der Waals surface area contributed by atoms with Crippen LogP contribution in [0.2, 0.25) is 0 Å². The van der Waals surface area contributed by atoms with E-state index in [0.717, 1.165) is 38.2 Å². The summed E-state index contributed by atoms with van der Waals surface area (Å²) in [6.07, 6.45) is 2.09. The van der Waals surface area contributed by atoms with Crippen LogP contribution in [0.3, 0.4) is 0 Å². The van der Waals surface area contributed by atoms with Crippen molar-refractivity contribution >= 4 is 0 Å². The lowest BCUT2D eigenvalue weighted by Crippen LogP contribution is -2.28. The van der Waals surface area contributed by atoms with Gasteiger partial charge < -0.3 is 15.8 Å². The first kappa shape index (κ1) is 16.0. The zero-order valence-corrected chi connectivity index (χ0v) is 12.8. The molecule has 1 rings (SSSR count). The minimum Gasteiger partial charge on any atom is -0.496 e. The highest BCUT2D eigenvalue weighted by Gasteiger charge is 2.14. The second-order valence-electron chi connectivity index (χ2n) is 5.79. The average molecular weight is 264 g/mol. The van der Waals surface area contributed by atoms with E-state index in [-0.39, 0.29) is 5.41 Å². The highest BCUT2D eigenvalue weighted by Crippen LogP contribution is 2.20. The van der Waals surface area contributed by atoms with Crippen LogP contribution in [0.15, 0.2) is 18.2 Å². The monoisotopic (exact) mass is 264 g/mol. The number of hydrogen-bond acceptors (Lipinski definition) is 3. The molecular weight excluding hydrogens is 236 g/mol. The summed E-state index contributed by atoms with van der Waals surface area (Å²) in [5, 5.41) is 3.48. The Hall–Kier alpha value is -1.06. The van der Waals surface area contributed by atoms with Crippen LogP contribution in [0.25, 0.3) is 0 Å². The van der Waals surface area contributed by atoms with Crippen LogP contribution in [0, 0.1) is 5.41 Å². The molecule has 108 valence electrons. The molecular formula is C16H28N2O. The summed E-state index contributed by atoms with van der Waals surface area (Å²) in [7, 11) is 1.72. The number of ether oxygens (including phenoxy) is 1. The van der Waals surface area contributed by atoms with E-state index in [2.05, 4.69) is 44.3 Å². The van der Waals surface area contributed by atoms with Crippen LogP contribution >= 0.6 is 0 Å². The SMILES string of the molecule is CCc1cc(CNCCC(C)(C)CN)ccc1OC. The molecule has 19 heavy (non-hydrogen) atoms. The fraction of sp³-hybridized carbons (Fsp3) is 0.625. The van der Waals surface area contributed by atoms with Crippen LogP contribution in [-0.2, 0) is 13.0 Å². The van der Waals surface area contributed by atoms with Gasteiger partial charge in [-0.15, -0.1) is 0 Å². The molecule has 0 aliphatic carbocycles. The Morgan fingerprint density at radius 3 is 2.63 bits per heavy atom. The number of nitrogens with one attached hydrogen (secondary N) is 1. The maximum absolute atomic E-state index is 5.73. The quantitative estimate of drug-likeness (QED) is 0.710. The third kappa shape index (κ3) is 5.21. The Balaban J connectivity index is 2.46. The Labute approximate surface area is 117 Å². The van der Waals surface area contributed by atoms with Crippen molar-refractivity contribution in [2.45, 2.75) is 40.2 Å². The molecule has 0 saturated carbocycles. The number of benzene rings is 1. The predicted molar refractivity (Wildman–Crippen MR) is 81.5 cm³/mol. The lowest BCUT2D eigenvalue weighted by Gasteiger charge is -2.22. The molecule has 0 heterocycles. The molecule has 0 fully saturated rings. The molecule has 3 nitrogen and oxygen atoms in total. The highest BCUT2D eigenvalue weighted by atomic mass is 16.5. The molecule has 0 unspecified atom stereocenters. The Morgan fingerprint density at radius 1 is 1.32 bits per heavy atom. The summed E-state index contributed by atoms with van der Waals surface area (Å²) in [4.78, 5) is 0. The van der Waals surface area contributed by atoms with Gasteiger partial charge in [0.25, 0.3) is 0 Å². The molecule has 3 N–H and O–H groups in total. The second kappa shape index (κ2) is 7.51. The van der Waals surface area contributed by atoms with Gasteiger partial charge in [-0.3, -0.25) is 0 Å². The lowest BCUT2D eigenvalue weighted by molar-refractivity contribution is 0.339. The standard InChI is InChI=1S/C16H28N2O/c1-5-14-10-13(6-7-15(14)19-4)11-18-9-8-16(2,3)12-17/h6-7,10,18H,5,8-9,11-12,17H2,1-4H3. The van der Waals surface area contributed by atoms with Crippen LogP contribution in [0.1, 0.15) is 38.3 Å². The molecule has 0 aliphatic rings. The average Bonchev–Trinajstić information content (AvgIpc) is 2.43. The maximum atomic E-state index is 5.73. The second-order valence-corrected chi connectivity index (χ2v) is 5.79. The van der Waals surface area contributed by atoms with Gasteiger partial charge in [0, 0.05) is 6.54 Å². The van der Waals surface area contributed by atoms with E-state index in [0.29, 0.717) is 0 Å². The van der Waals surface area contributed by atoms with Crippen LogP contribution < -0.4 is 15.8 Å². The first-order valence-corrected chi connectivity index (χ1v) is 7.09. The number of aryl methyl sites for hydroxylation is 1. The summed E-state index contributed by atoms with van der Waals surface area (Å²) in [5.41, 5.74) is 8.53. The number of nitrogens with two attached hydrogens (primary N) is 1. The van der Waals surface area contributed by atoms with Gasteiger partial charge in [0.1, 0.15) is 5.75 Å². The van der Waals surface area contributed by atoms with Crippen molar-refractivity contribution in [2.75, 3.05) is 20.2 Å². The highest BCUT2D eigenvalue weighted by molar-refractivity contribution is 5.37. The fourth-order valence-corrected chi connectivity index (χ4v) is 1.98. The minimum absolute atomic E-state index is 0.224. The third-order valence-electron chi connectivity index (χ3n) is 3.59. The molecule has 1 aromatic rings. The Bertz CT molecular complexity index is 388.